The summed E-state index contributed by atoms with van der Waals surface area (Å²) in [5, 5.41) is 5.86. The number of amides is 2. The molecule has 0 radical (unpaired) electrons. The molecule has 2 aromatic rings. The highest BCUT2D eigenvalue weighted by Gasteiger charge is 2.22. The third-order valence-electron chi connectivity index (χ3n) is 4.76. The normalized spacial score (nSPS) is 14.5. The first kappa shape index (κ1) is 18.0. The van der Waals surface area contributed by atoms with Crippen LogP contribution in [-0.4, -0.2) is 18.9 Å². The number of ether oxygens (including phenoxy) is 1. The number of rotatable bonds is 5. The molecule has 0 atom stereocenters. The molecular formula is C21H24N2O3. The van der Waals surface area contributed by atoms with Gasteiger partial charge in [-0.25, -0.2) is 0 Å². The summed E-state index contributed by atoms with van der Waals surface area (Å²) in [6, 6.07) is 14.2. The van der Waals surface area contributed by atoms with Crippen LogP contribution in [0.2, 0.25) is 0 Å². The van der Waals surface area contributed by atoms with E-state index in [9.17, 15) is 9.59 Å². The highest BCUT2D eigenvalue weighted by Crippen LogP contribution is 2.27. The maximum absolute atomic E-state index is 12.5. The van der Waals surface area contributed by atoms with Crippen molar-refractivity contribution < 1.29 is 14.3 Å². The lowest BCUT2D eigenvalue weighted by molar-refractivity contribution is -0.120. The molecule has 0 unspecified atom stereocenters. The number of carbonyl (C=O) groups excluding carboxylic acids is 2. The molecule has 3 rings (SSSR count). The summed E-state index contributed by atoms with van der Waals surface area (Å²) < 4.78 is 5.11. The van der Waals surface area contributed by atoms with Crippen molar-refractivity contribution in [2.45, 2.75) is 32.1 Å². The van der Waals surface area contributed by atoms with Crippen LogP contribution in [0.4, 0.5) is 11.4 Å². The number of hydrogen-bond donors (Lipinski definition) is 2. The van der Waals surface area contributed by atoms with Crippen LogP contribution in [0.5, 0.6) is 5.75 Å². The van der Waals surface area contributed by atoms with Crippen molar-refractivity contribution in [1.82, 2.24) is 0 Å². The molecular weight excluding hydrogens is 328 g/mol. The van der Waals surface area contributed by atoms with E-state index in [1.165, 1.54) is 6.42 Å². The number of nitrogens with one attached hydrogen (secondary N) is 2. The van der Waals surface area contributed by atoms with Crippen molar-refractivity contribution in [3.05, 3.63) is 54.1 Å². The minimum atomic E-state index is -0.230. The standard InChI is InChI=1S/C21H24N2O3/c1-26-17-13-11-16(12-14-17)21(25)23-19-10-6-5-9-18(19)22-20(24)15-7-3-2-4-8-15/h5-6,9-15H,2-4,7-8H2,1H3,(H,22,24)(H,23,25). The fourth-order valence-electron chi connectivity index (χ4n) is 3.24. The zero-order chi connectivity index (χ0) is 18.4. The molecule has 1 saturated carbocycles. The Bertz CT molecular complexity index is 765. The number of anilines is 2. The molecule has 1 aliphatic carbocycles. The zero-order valence-corrected chi connectivity index (χ0v) is 15.0. The number of methoxy groups -OCH3 is 1. The molecule has 2 amide bonds. The van der Waals surface area contributed by atoms with Gasteiger partial charge in [0.05, 0.1) is 18.5 Å². The first-order chi connectivity index (χ1) is 12.7. The average molecular weight is 352 g/mol. The summed E-state index contributed by atoms with van der Waals surface area (Å²) in [4.78, 5) is 25.0. The Kier molecular flexibility index (Phi) is 5.89. The summed E-state index contributed by atoms with van der Waals surface area (Å²) in [5.41, 5.74) is 1.75. The Hall–Kier alpha value is -2.82. The lowest BCUT2D eigenvalue weighted by Gasteiger charge is -2.21. The first-order valence-corrected chi connectivity index (χ1v) is 9.02. The number of hydrogen-bond acceptors (Lipinski definition) is 3. The number of para-hydroxylation sites is 2. The highest BCUT2D eigenvalue weighted by atomic mass is 16.5. The molecule has 1 aliphatic rings. The average Bonchev–Trinajstić information content (AvgIpc) is 2.70. The minimum absolute atomic E-state index is 0.0378. The molecule has 0 bridgehead atoms. The molecule has 136 valence electrons. The van der Waals surface area contributed by atoms with Crippen molar-refractivity contribution in [3.8, 4) is 5.75 Å². The third kappa shape index (κ3) is 4.42. The molecule has 0 aliphatic heterocycles. The summed E-state index contributed by atoms with van der Waals surface area (Å²) in [5.74, 6) is 0.568. The van der Waals surface area contributed by atoms with Crippen molar-refractivity contribution in [2.24, 2.45) is 5.92 Å². The number of carbonyl (C=O) groups is 2. The monoisotopic (exact) mass is 352 g/mol. The topological polar surface area (TPSA) is 67.4 Å². The van der Waals surface area contributed by atoms with E-state index in [1.807, 2.05) is 18.2 Å². The fraction of sp³-hybridized carbons (Fsp3) is 0.333. The van der Waals surface area contributed by atoms with Gasteiger partial charge in [-0.15, -0.1) is 0 Å². The minimum Gasteiger partial charge on any atom is -0.497 e. The van der Waals surface area contributed by atoms with Gasteiger partial charge in [0.1, 0.15) is 5.75 Å². The zero-order valence-electron chi connectivity index (χ0n) is 15.0. The highest BCUT2D eigenvalue weighted by molar-refractivity contribution is 6.07. The van der Waals surface area contributed by atoms with Gasteiger partial charge in [-0.05, 0) is 49.2 Å². The maximum atomic E-state index is 12.5. The van der Waals surface area contributed by atoms with E-state index in [-0.39, 0.29) is 17.7 Å². The molecule has 0 spiro atoms. The van der Waals surface area contributed by atoms with Crippen molar-refractivity contribution in [3.63, 3.8) is 0 Å². The second kappa shape index (κ2) is 8.52. The Morgan fingerprint density at radius 1 is 0.885 bits per heavy atom. The van der Waals surface area contributed by atoms with Crippen LogP contribution < -0.4 is 15.4 Å². The van der Waals surface area contributed by atoms with Crippen LogP contribution in [0.3, 0.4) is 0 Å². The Labute approximate surface area is 153 Å². The van der Waals surface area contributed by atoms with Crippen molar-refractivity contribution in [1.29, 1.82) is 0 Å². The predicted molar refractivity (Wildman–Crippen MR) is 103 cm³/mol. The van der Waals surface area contributed by atoms with Gasteiger partial charge in [0.25, 0.3) is 5.91 Å². The Morgan fingerprint density at radius 2 is 1.50 bits per heavy atom. The molecule has 5 heteroatoms. The first-order valence-electron chi connectivity index (χ1n) is 9.02. The summed E-state index contributed by atoms with van der Waals surface area (Å²) in [6.45, 7) is 0. The molecule has 2 N–H and O–H groups in total. The van der Waals surface area contributed by atoms with E-state index in [2.05, 4.69) is 10.6 Å². The molecule has 0 aromatic heterocycles. The van der Waals surface area contributed by atoms with Crippen LogP contribution in [0, 0.1) is 5.92 Å². The summed E-state index contributed by atoms with van der Waals surface area (Å²) in [6.07, 6.45) is 5.29. The van der Waals surface area contributed by atoms with Gasteiger partial charge in [0.2, 0.25) is 5.91 Å². The molecule has 2 aromatic carbocycles. The van der Waals surface area contributed by atoms with Gasteiger partial charge in [-0.1, -0.05) is 31.4 Å². The van der Waals surface area contributed by atoms with E-state index in [1.54, 1.807) is 37.4 Å². The van der Waals surface area contributed by atoms with Crippen LogP contribution in [0.25, 0.3) is 0 Å². The van der Waals surface area contributed by atoms with Crippen LogP contribution >= 0.6 is 0 Å². The van der Waals surface area contributed by atoms with Gasteiger partial charge >= 0.3 is 0 Å². The van der Waals surface area contributed by atoms with Gasteiger partial charge < -0.3 is 15.4 Å². The second-order valence-electron chi connectivity index (χ2n) is 6.55. The van der Waals surface area contributed by atoms with Crippen LogP contribution in [0.15, 0.2) is 48.5 Å². The lowest BCUT2D eigenvalue weighted by atomic mass is 9.88. The van der Waals surface area contributed by atoms with Gasteiger partial charge in [-0.2, -0.15) is 0 Å². The smallest absolute Gasteiger partial charge is 0.255 e. The largest absolute Gasteiger partial charge is 0.497 e. The van der Waals surface area contributed by atoms with E-state index in [0.717, 1.165) is 25.7 Å². The SMILES string of the molecule is COc1ccc(C(=O)Nc2ccccc2NC(=O)C2CCCCC2)cc1. The quantitative estimate of drug-likeness (QED) is 0.834. The van der Waals surface area contributed by atoms with E-state index < -0.39 is 0 Å². The molecule has 0 saturated heterocycles. The van der Waals surface area contributed by atoms with Gasteiger partial charge in [0.15, 0.2) is 0 Å². The second-order valence-corrected chi connectivity index (χ2v) is 6.55. The third-order valence-corrected chi connectivity index (χ3v) is 4.76. The van der Waals surface area contributed by atoms with Crippen LogP contribution in [0.1, 0.15) is 42.5 Å². The van der Waals surface area contributed by atoms with Crippen molar-refractivity contribution in [2.75, 3.05) is 17.7 Å². The molecule has 5 nitrogen and oxygen atoms in total. The lowest BCUT2D eigenvalue weighted by Crippen LogP contribution is -2.25. The van der Waals surface area contributed by atoms with Gasteiger partial charge in [0, 0.05) is 11.5 Å². The Balaban J connectivity index is 1.69. The molecule has 0 heterocycles. The fourth-order valence-corrected chi connectivity index (χ4v) is 3.24. The maximum Gasteiger partial charge on any atom is 0.255 e. The predicted octanol–water partition coefficient (Wildman–Crippen LogP) is 4.47. The van der Waals surface area contributed by atoms with E-state index >= 15 is 0 Å². The van der Waals surface area contributed by atoms with E-state index in [0.29, 0.717) is 22.7 Å². The summed E-state index contributed by atoms with van der Waals surface area (Å²) in [7, 11) is 1.58. The number of benzene rings is 2. The Morgan fingerprint density at radius 3 is 2.12 bits per heavy atom. The van der Waals surface area contributed by atoms with E-state index in [4.69, 9.17) is 4.74 Å². The molecule has 1 fully saturated rings. The summed E-state index contributed by atoms with van der Waals surface area (Å²) >= 11 is 0. The van der Waals surface area contributed by atoms with Gasteiger partial charge in [-0.3, -0.25) is 9.59 Å². The van der Waals surface area contributed by atoms with Crippen LogP contribution in [-0.2, 0) is 4.79 Å². The molecule has 26 heavy (non-hydrogen) atoms. The van der Waals surface area contributed by atoms with Crippen molar-refractivity contribution >= 4 is 23.2 Å².